The summed E-state index contributed by atoms with van der Waals surface area (Å²) in [6, 6.07) is 7.47. The first-order chi connectivity index (χ1) is 9.28. The van der Waals surface area contributed by atoms with Gasteiger partial charge in [0.25, 0.3) is 0 Å². The SMILES string of the molecule is CC(C)c1ccc(-n2cnn(SC(F)(Cl)Cl)c2=O)cc1. The molecule has 0 saturated carbocycles. The molecule has 8 heteroatoms. The van der Waals surface area contributed by atoms with Gasteiger partial charge >= 0.3 is 9.61 Å². The third kappa shape index (κ3) is 3.56. The minimum absolute atomic E-state index is 0.287. The minimum atomic E-state index is -2.61. The van der Waals surface area contributed by atoms with Gasteiger partial charge in [-0.05, 0) is 23.6 Å². The van der Waals surface area contributed by atoms with Gasteiger partial charge < -0.3 is 0 Å². The van der Waals surface area contributed by atoms with Crippen LogP contribution in [0.3, 0.4) is 0 Å². The van der Waals surface area contributed by atoms with Crippen LogP contribution < -0.4 is 5.69 Å². The highest BCUT2D eigenvalue weighted by Crippen LogP contribution is 2.35. The Balaban J connectivity index is 2.32. The first kappa shape index (κ1) is 15.4. The molecule has 0 amide bonds. The molecule has 20 heavy (non-hydrogen) atoms. The first-order valence-corrected chi connectivity index (χ1v) is 7.34. The molecule has 1 aromatic carbocycles. The maximum Gasteiger partial charge on any atom is 0.361 e. The summed E-state index contributed by atoms with van der Waals surface area (Å²) in [6.07, 6.45) is 1.29. The molecule has 4 nitrogen and oxygen atoms in total. The molecule has 2 aromatic rings. The van der Waals surface area contributed by atoms with Crippen LogP contribution in [0.15, 0.2) is 35.4 Å². The van der Waals surface area contributed by atoms with E-state index in [0.29, 0.717) is 11.6 Å². The van der Waals surface area contributed by atoms with Gasteiger partial charge in [-0.1, -0.05) is 49.2 Å². The fourth-order valence-corrected chi connectivity index (χ4v) is 2.49. The molecule has 0 unspecified atom stereocenters. The molecule has 0 atom stereocenters. The number of aromatic nitrogens is 3. The number of hydrogen-bond acceptors (Lipinski definition) is 3. The largest absolute Gasteiger partial charge is 0.361 e. The minimum Gasteiger partial charge on any atom is -0.249 e. The third-order valence-electron chi connectivity index (χ3n) is 2.67. The van der Waals surface area contributed by atoms with Crippen LogP contribution in [0.1, 0.15) is 25.3 Å². The molecular weight excluding hydrogens is 324 g/mol. The number of hydrogen-bond donors (Lipinski definition) is 0. The summed E-state index contributed by atoms with van der Waals surface area (Å²) in [7, 11) is 0. The second-order valence-corrected chi connectivity index (χ2v) is 7.21. The summed E-state index contributed by atoms with van der Waals surface area (Å²) in [6.45, 7) is 4.16. The monoisotopic (exact) mass is 335 g/mol. The van der Waals surface area contributed by atoms with E-state index in [4.69, 9.17) is 23.2 Å². The Kier molecular flexibility index (Phi) is 4.46. The van der Waals surface area contributed by atoms with Crippen molar-refractivity contribution in [1.82, 2.24) is 13.8 Å². The summed E-state index contributed by atoms with van der Waals surface area (Å²) < 4.78 is 12.6. The van der Waals surface area contributed by atoms with E-state index in [-0.39, 0.29) is 11.9 Å². The fourth-order valence-electron chi connectivity index (χ4n) is 1.65. The van der Waals surface area contributed by atoms with Crippen LogP contribution in [0.25, 0.3) is 5.69 Å². The van der Waals surface area contributed by atoms with Crippen molar-refractivity contribution in [1.29, 1.82) is 0 Å². The Bertz CT molecular complexity index is 646. The van der Waals surface area contributed by atoms with Gasteiger partial charge in [0.05, 0.1) is 17.6 Å². The van der Waals surface area contributed by atoms with Crippen LogP contribution in [0.5, 0.6) is 0 Å². The van der Waals surface area contributed by atoms with E-state index in [1.54, 1.807) is 12.1 Å². The molecule has 0 bridgehead atoms. The van der Waals surface area contributed by atoms with Crippen LogP contribution in [-0.2, 0) is 0 Å². The highest BCUT2D eigenvalue weighted by atomic mass is 35.5. The van der Waals surface area contributed by atoms with E-state index < -0.39 is 9.61 Å². The average molecular weight is 336 g/mol. The van der Waals surface area contributed by atoms with E-state index in [1.165, 1.54) is 10.9 Å². The Labute approximate surface area is 129 Å². The number of nitrogens with zero attached hydrogens (tertiary/aromatic N) is 3. The highest BCUT2D eigenvalue weighted by Gasteiger charge is 2.27. The molecule has 0 spiro atoms. The number of rotatable bonds is 4. The molecule has 0 fully saturated rings. The summed E-state index contributed by atoms with van der Waals surface area (Å²) >= 11 is 10.7. The molecule has 0 aliphatic heterocycles. The maximum absolute atomic E-state index is 13.1. The number of halogens is 3. The van der Waals surface area contributed by atoms with Gasteiger partial charge in [0.2, 0.25) is 0 Å². The Hall–Kier alpha value is -0.980. The molecule has 0 aliphatic carbocycles. The van der Waals surface area contributed by atoms with Crippen molar-refractivity contribution in [3.05, 3.63) is 46.6 Å². The predicted molar refractivity (Wildman–Crippen MR) is 80.4 cm³/mol. The fraction of sp³-hybridized carbons (Fsp3) is 0.333. The van der Waals surface area contributed by atoms with E-state index in [9.17, 15) is 9.18 Å². The lowest BCUT2D eigenvalue weighted by atomic mass is 10.0. The average Bonchev–Trinajstić information content (AvgIpc) is 2.69. The second kappa shape index (κ2) is 5.79. The van der Waals surface area contributed by atoms with Crippen molar-refractivity contribution >= 4 is 35.1 Å². The third-order valence-corrected chi connectivity index (χ3v) is 3.71. The van der Waals surface area contributed by atoms with Crippen molar-refractivity contribution < 1.29 is 4.39 Å². The predicted octanol–water partition coefficient (Wildman–Crippen LogP) is 3.71. The van der Waals surface area contributed by atoms with Crippen LogP contribution in [0.4, 0.5) is 4.39 Å². The Morgan fingerprint density at radius 2 is 1.90 bits per heavy atom. The molecule has 0 saturated heterocycles. The number of benzene rings is 1. The second-order valence-electron chi connectivity index (χ2n) is 4.44. The normalized spacial score (nSPS) is 12.1. The quantitative estimate of drug-likeness (QED) is 0.799. The standard InChI is InChI=1S/C12H12Cl2FN3OS/c1-8(2)9-3-5-10(6-4-9)17-7-16-18(11(17)19)20-12(13,14)15/h3-8H,1-2H3. The van der Waals surface area contributed by atoms with Gasteiger partial charge in [-0.25, -0.2) is 9.36 Å². The zero-order valence-corrected chi connectivity index (χ0v) is 13.1. The molecule has 1 heterocycles. The van der Waals surface area contributed by atoms with E-state index >= 15 is 0 Å². The van der Waals surface area contributed by atoms with Crippen molar-refractivity contribution in [3.63, 3.8) is 0 Å². The van der Waals surface area contributed by atoms with Gasteiger partial charge in [-0.3, -0.25) is 0 Å². The van der Waals surface area contributed by atoms with E-state index in [0.717, 1.165) is 9.65 Å². The smallest absolute Gasteiger partial charge is 0.249 e. The molecule has 0 radical (unpaired) electrons. The Morgan fingerprint density at radius 3 is 2.40 bits per heavy atom. The molecular formula is C12H12Cl2FN3OS. The lowest BCUT2D eigenvalue weighted by Gasteiger charge is -2.07. The lowest BCUT2D eigenvalue weighted by Crippen LogP contribution is -2.22. The summed E-state index contributed by atoms with van der Waals surface area (Å²) in [5.74, 6) is 0.402. The van der Waals surface area contributed by atoms with Gasteiger partial charge in [-0.15, -0.1) is 9.19 Å². The number of alkyl halides is 3. The van der Waals surface area contributed by atoms with Crippen LogP contribution in [0.2, 0.25) is 0 Å². The van der Waals surface area contributed by atoms with Crippen molar-refractivity contribution in [2.75, 3.05) is 0 Å². The maximum atomic E-state index is 13.1. The zero-order chi connectivity index (χ0) is 14.9. The first-order valence-electron chi connectivity index (χ1n) is 5.81. The van der Waals surface area contributed by atoms with Gasteiger partial charge in [0.15, 0.2) is 0 Å². The van der Waals surface area contributed by atoms with Crippen LogP contribution in [-0.4, -0.2) is 17.7 Å². The topological polar surface area (TPSA) is 39.8 Å². The van der Waals surface area contributed by atoms with Gasteiger partial charge in [-0.2, -0.15) is 4.39 Å². The van der Waals surface area contributed by atoms with Crippen molar-refractivity contribution in [2.45, 2.75) is 23.7 Å². The van der Waals surface area contributed by atoms with Crippen molar-refractivity contribution in [3.8, 4) is 5.69 Å². The van der Waals surface area contributed by atoms with Crippen LogP contribution >= 0.6 is 35.1 Å². The lowest BCUT2D eigenvalue weighted by molar-refractivity contribution is 0.513. The van der Waals surface area contributed by atoms with E-state index in [1.807, 2.05) is 12.1 Å². The van der Waals surface area contributed by atoms with E-state index in [2.05, 4.69) is 18.9 Å². The molecule has 0 N–H and O–H groups in total. The summed E-state index contributed by atoms with van der Waals surface area (Å²) in [5, 5.41) is 3.76. The summed E-state index contributed by atoms with van der Waals surface area (Å²) in [5.41, 5.74) is 1.27. The molecule has 0 aliphatic rings. The zero-order valence-electron chi connectivity index (χ0n) is 10.8. The molecule has 1 aromatic heterocycles. The molecule has 2 rings (SSSR count). The van der Waals surface area contributed by atoms with Crippen LogP contribution in [0, 0.1) is 0 Å². The highest BCUT2D eigenvalue weighted by molar-refractivity contribution is 8.01. The van der Waals surface area contributed by atoms with Gasteiger partial charge in [0.1, 0.15) is 6.33 Å². The van der Waals surface area contributed by atoms with Gasteiger partial charge in [0, 0.05) is 0 Å². The Morgan fingerprint density at radius 1 is 1.30 bits per heavy atom. The molecule has 108 valence electrons. The summed E-state index contributed by atoms with van der Waals surface area (Å²) in [4.78, 5) is 12.0. The van der Waals surface area contributed by atoms with Crippen molar-refractivity contribution in [2.24, 2.45) is 0 Å².